The Hall–Kier alpha value is -4.33. The summed E-state index contributed by atoms with van der Waals surface area (Å²) in [5, 5.41) is 10.5. The molecule has 2 aliphatic rings. The molecule has 2 aromatic heterocycles. The third kappa shape index (κ3) is 4.50. The van der Waals surface area contributed by atoms with E-state index in [0.29, 0.717) is 31.6 Å². The van der Waals surface area contributed by atoms with Gasteiger partial charge in [0.15, 0.2) is 11.5 Å². The molecule has 0 saturated carbocycles. The normalized spacial score (nSPS) is 15.4. The Labute approximate surface area is 213 Å². The first-order valence-electron chi connectivity index (χ1n) is 12.5. The number of carbonyl (C=O) groups excluding carboxylic acids is 1. The van der Waals surface area contributed by atoms with Crippen molar-refractivity contribution >= 4 is 11.6 Å². The van der Waals surface area contributed by atoms with Gasteiger partial charge in [0.05, 0.1) is 0 Å². The SMILES string of the molecule is O=C(c1cnc2ccccn2c1=O)N1CCCc2cc3c(cc2CCc2cc(ccc2O)CC1)OCO3. The fourth-order valence-corrected chi connectivity index (χ4v) is 5.14. The van der Waals surface area contributed by atoms with Crippen LogP contribution in [0, 0.1) is 0 Å². The minimum Gasteiger partial charge on any atom is -0.508 e. The molecule has 0 fully saturated rings. The van der Waals surface area contributed by atoms with Gasteiger partial charge in [-0.1, -0.05) is 18.2 Å². The highest BCUT2D eigenvalue weighted by atomic mass is 16.7. The van der Waals surface area contributed by atoms with Crippen LogP contribution in [0.2, 0.25) is 0 Å². The van der Waals surface area contributed by atoms with E-state index in [1.165, 1.54) is 10.6 Å². The van der Waals surface area contributed by atoms with E-state index >= 15 is 0 Å². The molecule has 8 heteroatoms. The molecule has 6 rings (SSSR count). The van der Waals surface area contributed by atoms with Crippen LogP contribution in [0.15, 0.2) is 65.7 Å². The van der Waals surface area contributed by atoms with Crippen molar-refractivity contribution in [3.63, 3.8) is 0 Å². The summed E-state index contributed by atoms with van der Waals surface area (Å²) < 4.78 is 12.6. The van der Waals surface area contributed by atoms with Crippen LogP contribution in [0.5, 0.6) is 17.2 Å². The second-order valence-corrected chi connectivity index (χ2v) is 9.49. The highest BCUT2D eigenvalue weighted by Gasteiger charge is 2.22. The van der Waals surface area contributed by atoms with Crippen molar-refractivity contribution in [1.29, 1.82) is 0 Å². The summed E-state index contributed by atoms with van der Waals surface area (Å²) in [6.45, 7) is 1.15. The van der Waals surface area contributed by atoms with E-state index in [-0.39, 0.29) is 29.6 Å². The van der Waals surface area contributed by atoms with Crippen molar-refractivity contribution in [2.45, 2.75) is 32.1 Å². The van der Waals surface area contributed by atoms with Crippen molar-refractivity contribution in [3.05, 3.63) is 99.1 Å². The Morgan fingerprint density at radius 3 is 2.51 bits per heavy atom. The number of hydrogen-bond acceptors (Lipinski definition) is 6. The van der Waals surface area contributed by atoms with Crippen LogP contribution in [0.1, 0.15) is 39.0 Å². The van der Waals surface area contributed by atoms with Crippen molar-refractivity contribution in [1.82, 2.24) is 14.3 Å². The van der Waals surface area contributed by atoms with E-state index in [1.54, 1.807) is 35.4 Å². The Bertz CT molecular complexity index is 1560. The van der Waals surface area contributed by atoms with Crippen LogP contribution in [0.3, 0.4) is 0 Å². The Balaban J connectivity index is 1.35. The monoisotopic (exact) mass is 497 g/mol. The molecule has 0 radical (unpaired) electrons. The molecule has 8 nitrogen and oxygen atoms in total. The van der Waals surface area contributed by atoms with Gasteiger partial charge in [0.1, 0.15) is 17.0 Å². The van der Waals surface area contributed by atoms with Gasteiger partial charge >= 0.3 is 0 Å². The van der Waals surface area contributed by atoms with Crippen LogP contribution in [0.4, 0.5) is 0 Å². The number of phenolic OH excluding ortho intramolecular Hbond substituents is 1. The maximum absolute atomic E-state index is 13.6. The molecule has 4 heterocycles. The van der Waals surface area contributed by atoms with Crippen molar-refractivity contribution in [2.24, 2.45) is 0 Å². The number of carbonyl (C=O) groups is 1. The number of rotatable bonds is 1. The minimum atomic E-state index is -0.372. The average Bonchev–Trinajstić information content (AvgIpc) is 3.37. The number of benzene rings is 2. The van der Waals surface area contributed by atoms with Crippen LogP contribution in [-0.2, 0) is 25.7 Å². The summed E-state index contributed by atoms with van der Waals surface area (Å²) in [7, 11) is 0. The lowest BCUT2D eigenvalue weighted by atomic mass is 9.95. The second-order valence-electron chi connectivity index (χ2n) is 9.49. The molecule has 37 heavy (non-hydrogen) atoms. The van der Waals surface area contributed by atoms with Crippen molar-refractivity contribution in [3.8, 4) is 17.2 Å². The predicted octanol–water partition coefficient (Wildman–Crippen LogP) is 3.55. The van der Waals surface area contributed by atoms with E-state index < -0.39 is 0 Å². The number of aryl methyl sites for hydroxylation is 3. The first-order valence-corrected chi connectivity index (χ1v) is 12.5. The van der Waals surface area contributed by atoms with Crippen LogP contribution < -0.4 is 15.0 Å². The van der Waals surface area contributed by atoms with E-state index in [1.807, 2.05) is 24.3 Å². The number of phenols is 1. The summed E-state index contributed by atoms with van der Waals surface area (Å²) >= 11 is 0. The molecular weight excluding hydrogens is 470 g/mol. The van der Waals surface area contributed by atoms with Gasteiger partial charge in [0.2, 0.25) is 6.79 Å². The summed E-state index contributed by atoms with van der Waals surface area (Å²) in [6.07, 6.45) is 6.54. The van der Waals surface area contributed by atoms with Crippen LogP contribution in [0.25, 0.3) is 5.65 Å². The first-order chi connectivity index (χ1) is 18.1. The van der Waals surface area contributed by atoms with Gasteiger partial charge in [-0.2, -0.15) is 0 Å². The lowest BCUT2D eigenvalue weighted by Gasteiger charge is -2.23. The van der Waals surface area contributed by atoms with Gasteiger partial charge in [-0.25, -0.2) is 4.98 Å². The fourth-order valence-electron chi connectivity index (χ4n) is 5.14. The first kappa shape index (κ1) is 23.1. The molecule has 1 amide bonds. The molecule has 1 N–H and O–H groups in total. The highest BCUT2D eigenvalue weighted by Crippen LogP contribution is 2.36. The summed E-state index contributed by atoms with van der Waals surface area (Å²) in [5.74, 6) is 1.41. The van der Waals surface area contributed by atoms with Gasteiger partial charge in [0.25, 0.3) is 11.5 Å². The third-order valence-corrected chi connectivity index (χ3v) is 7.18. The second kappa shape index (κ2) is 9.61. The summed E-state index contributed by atoms with van der Waals surface area (Å²) in [5.41, 5.74) is 4.37. The Morgan fingerprint density at radius 1 is 0.892 bits per heavy atom. The molecule has 0 saturated heterocycles. The van der Waals surface area contributed by atoms with Crippen LogP contribution in [-0.4, -0.2) is 45.2 Å². The molecule has 2 aromatic carbocycles. The quantitative estimate of drug-likeness (QED) is 0.432. The number of ether oxygens (including phenoxy) is 2. The summed E-state index contributed by atoms with van der Waals surface area (Å²) in [6, 6.07) is 15.0. The molecule has 4 aromatic rings. The van der Waals surface area contributed by atoms with E-state index in [4.69, 9.17) is 9.47 Å². The fraction of sp³-hybridized carbons (Fsp3) is 0.276. The zero-order valence-electron chi connectivity index (χ0n) is 20.4. The molecule has 2 bridgehead atoms. The van der Waals surface area contributed by atoms with E-state index in [2.05, 4.69) is 4.98 Å². The molecule has 188 valence electrons. The number of aromatic hydroxyl groups is 1. The number of pyridine rings is 1. The molecule has 2 aliphatic heterocycles. The van der Waals surface area contributed by atoms with E-state index in [9.17, 15) is 14.7 Å². The lowest BCUT2D eigenvalue weighted by Crippen LogP contribution is -2.38. The lowest BCUT2D eigenvalue weighted by molar-refractivity contribution is 0.0753. The number of amides is 1. The third-order valence-electron chi connectivity index (χ3n) is 7.18. The largest absolute Gasteiger partial charge is 0.508 e. The molecular formula is C29H27N3O5. The molecule has 0 unspecified atom stereocenters. The number of nitrogens with zero attached hydrogens (tertiary/aromatic N) is 3. The minimum absolute atomic E-state index is 0.0585. The summed E-state index contributed by atoms with van der Waals surface area (Å²) in [4.78, 5) is 32.8. The van der Waals surface area contributed by atoms with E-state index in [0.717, 1.165) is 53.0 Å². The van der Waals surface area contributed by atoms with Crippen LogP contribution >= 0.6 is 0 Å². The molecule has 0 aliphatic carbocycles. The average molecular weight is 498 g/mol. The topological polar surface area (TPSA) is 93.4 Å². The zero-order valence-corrected chi connectivity index (χ0v) is 20.4. The standard InChI is InChI=1S/C29H27N3O5/c33-24-9-6-19-10-13-31(28(34)23-17-30-27-5-1-2-12-32(27)29(23)35)11-3-4-20-15-25-26(37-18-36-25)16-21(20)7-8-22(24)14-19/h1-2,5-6,9,12,14-17,33H,3-4,7-8,10-11,13,18H2. The Kier molecular flexibility index (Phi) is 6.00. The molecule has 0 atom stereocenters. The van der Waals surface area contributed by atoms with Gasteiger partial charge < -0.3 is 19.5 Å². The van der Waals surface area contributed by atoms with Crippen molar-refractivity contribution < 1.29 is 19.4 Å². The van der Waals surface area contributed by atoms with Gasteiger partial charge in [-0.15, -0.1) is 0 Å². The highest BCUT2D eigenvalue weighted by molar-refractivity contribution is 5.93. The predicted molar refractivity (Wildman–Crippen MR) is 137 cm³/mol. The van der Waals surface area contributed by atoms with Gasteiger partial charge in [-0.05, 0) is 84.7 Å². The smallest absolute Gasteiger partial charge is 0.270 e. The van der Waals surface area contributed by atoms with Crippen molar-refractivity contribution in [2.75, 3.05) is 19.9 Å². The maximum atomic E-state index is 13.6. The Morgan fingerprint density at radius 2 is 1.68 bits per heavy atom. The number of fused-ring (bicyclic) bond motifs is 5. The van der Waals surface area contributed by atoms with Gasteiger partial charge in [-0.3, -0.25) is 14.0 Å². The van der Waals surface area contributed by atoms with Gasteiger partial charge in [0, 0.05) is 25.5 Å². The number of aromatic nitrogens is 2. The molecule has 0 spiro atoms. The maximum Gasteiger partial charge on any atom is 0.270 e. The zero-order chi connectivity index (χ0) is 25.4. The number of hydrogen-bond donors (Lipinski definition) is 1.